The van der Waals surface area contributed by atoms with Crippen molar-refractivity contribution in [1.82, 2.24) is 9.78 Å². The van der Waals surface area contributed by atoms with Crippen molar-refractivity contribution in [2.45, 2.75) is 45.1 Å². The zero-order chi connectivity index (χ0) is 11.1. The third kappa shape index (κ3) is 3.14. The molecule has 0 aliphatic carbocycles. The van der Waals surface area contributed by atoms with Crippen molar-refractivity contribution in [1.29, 1.82) is 0 Å². The van der Waals surface area contributed by atoms with Crippen molar-refractivity contribution in [3.63, 3.8) is 0 Å². The standard InChI is InChI=1S/C9H16N2O2S.Na/c1-6-8(14(12)13)7(2)11(10-6)9(3,4)5;/h1-5H3,(H,12,13);/q;+1/p-1. The summed E-state index contributed by atoms with van der Waals surface area (Å²) in [4.78, 5) is 0.319. The monoisotopic (exact) mass is 238 g/mol. The van der Waals surface area contributed by atoms with Gasteiger partial charge in [-0.1, -0.05) is 0 Å². The SMILES string of the molecule is Cc1nn(C(C)(C)C)c(C)c1S(=O)[O-].[Na+]. The first kappa shape index (κ1) is 15.3. The van der Waals surface area contributed by atoms with Crippen LogP contribution in [-0.4, -0.2) is 18.5 Å². The first-order valence-corrected chi connectivity index (χ1v) is 5.48. The molecule has 0 fully saturated rings. The summed E-state index contributed by atoms with van der Waals surface area (Å²) in [6.45, 7) is 9.45. The quantitative estimate of drug-likeness (QED) is 0.442. The zero-order valence-electron chi connectivity index (χ0n) is 10.1. The molecule has 0 aromatic carbocycles. The van der Waals surface area contributed by atoms with Gasteiger partial charge in [0.05, 0.1) is 21.8 Å². The summed E-state index contributed by atoms with van der Waals surface area (Å²) in [6, 6.07) is 0. The molecule has 15 heavy (non-hydrogen) atoms. The minimum absolute atomic E-state index is 0. The average molecular weight is 238 g/mol. The molecule has 0 bridgehead atoms. The molecule has 1 atom stereocenters. The Morgan fingerprint density at radius 2 is 1.80 bits per heavy atom. The number of rotatable bonds is 1. The van der Waals surface area contributed by atoms with Crippen LogP contribution in [0.3, 0.4) is 0 Å². The summed E-state index contributed by atoms with van der Waals surface area (Å²) in [7, 11) is 0. The van der Waals surface area contributed by atoms with E-state index in [0.717, 1.165) is 0 Å². The molecule has 0 N–H and O–H groups in total. The summed E-state index contributed by atoms with van der Waals surface area (Å²) >= 11 is -2.20. The van der Waals surface area contributed by atoms with E-state index in [0.29, 0.717) is 16.3 Å². The Bertz CT molecular complexity index is 382. The molecule has 6 heteroatoms. The van der Waals surface area contributed by atoms with Gasteiger partial charge in [-0.15, -0.1) is 0 Å². The van der Waals surface area contributed by atoms with Crippen LogP contribution in [0.5, 0.6) is 0 Å². The van der Waals surface area contributed by atoms with Gasteiger partial charge in [-0.3, -0.25) is 8.89 Å². The van der Waals surface area contributed by atoms with Gasteiger partial charge in [-0.2, -0.15) is 5.10 Å². The van der Waals surface area contributed by atoms with Crippen LogP contribution in [0.15, 0.2) is 4.90 Å². The van der Waals surface area contributed by atoms with E-state index in [4.69, 9.17) is 0 Å². The Hall–Kier alpha value is 0.320. The smallest absolute Gasteiger partial charge is 0.768 e. The van der Waals surface area contributed by atoms with Crippen LogP contribution in [0.1, 0.15) is 32.2 Å². The average Bonchev–Trinajstić information content (AvgIpc) is 2.24. The molecule has 1 heterocycles. The van der Waals surface area contributed by atoms with E-state index in [1.54, 1.807) is 18.5 Å². The minimum Gasteiger partial charge on any atom is -0.768 e. The van der Waals surface area contributed by atoms with E-state index in [-0.39, 0.29) is 35.1 Å². The molecule has 0 spiro atoms. The molecule has 0 amide bonds. The molecule has 0 aliphatic heterocycles. The Kier molecular flexibility index (Phi) is 5.21. The molecular formula is C9H15N2NaO2S. The van der Waals surface area contributed by atoms with E-state index < -0.39 is 11.1 Å². The van der Waals surface area contributed by atoms with E-state index >= 15 is 0 Å². The summed E-state index contributed by atoms with van der Waals surface area (Å²) in [5.74, 6) is 0. The van der Waals surface area contributed by atoms with Crippen molar-refractivity contribution < 1.29 is 38.3 Å². The van der Waals surface area contributed by atoms with Gasteiger partial charge in [0, 0.05) is 0 Å². The largest absolute Gasteiger partial charge is 1.00 e. The molecule has 80 valence electrons. The van der Waals surface area contributed by atoms with E-state index in [2.05, 4.69) is 5.10 Å². The molecule has 0 aliphatic rings. The van der Waals surface area contributed by atoms with Crippen molar-refractivity contribution in [3.8, 4) is 0 Å². The van der Waals surface area contributed by atoms with Gasteiger partial charge < -0.3 is 4.55 Å². The van der Waals surface area contributed by atoms with Gasteiger partial charge >= 0.3 is 29.6 Å². The number of aromatic nitrogens is 2. The fourth-order valence-electron chi connectivity index (χ4n) is 1.52. The first-order valence-electron chi connectivity index (χ1n) is 4.41. The molecule has 1 unspecified atom stereocenters. The molecule has 0 radical (unpaired) electrons. The van der Waals surface area contributed by atoms with Crippen molar-refractivity contribution >= 4 is 11.1 Å². The molecule has 0 saturated heterocycles. The van der Waals surface area contributed by atoms with Gasteiger partial charge in [-0.05, 0) is 45.7 Å². The second-order valence-corrected chi connectivity index (χ2v) is 5.19. The Morgan fingerprint density at radius 3 is 2.00 bits per heavy atom. The predicted octanol–water partition coefficient (Wildman–Crippen LogP) is -1.50. The van der Waals surface area contributed by atoms with Gasteiger partial charge in [0.2, 0.25) is 0 Å². The summed E-state index contributed by atoms with van der Waals surface area (Å²) in [5, 5.41) is 4.23. The van der Waals surface area contributed by atoms with Gasteiger partial charge in [-0.25, -0.2) is 0 Å². The van der Waals surface area contributed by atoms with Crippen LogP contribution in [0, 0.1) is 13.8 Å². The van der Waals surface area contributed by atoms with Crippen molar-refractivity contribution in [2.24, 2.45) is 0 Å². The number of hydrogen-bond donors (Lipinski definition) is 0. The third-order valence-corrected chi connectivity index (χ3v) is 2.95. The molecule has 4 nitrogen and oxygen atoms in total. The summed E-state index contributed by atoms with van der Waals surface area (Å²) < 4.78 is 23.6. The normalized spacial score (nSPS) is 13.5. The van der Waals surface area contributed by atoms with Gasteiger partial charge in [0.15, 0.2) is 0 Å². The van der Waals surface area contributed by atoms with E-state index in [9.17, 15) is 8.76 Å². The summed E-state index contributed by atoms with van der Waals surface area (Å²) in [6.07, 6.45) is 0. The number of aryl methyl sites for hydroxylation is 1. The molecule has 0 saturated carbocycles. The van der Waals surface area contributed by atoms with Crippen LogP contribution in [-0.2, 0) is 16.6 Å². The molecule has 1 rings (SSSR count). The minimum atomic E-state index is -2.20. The van der Waals surface area contributed by atoms with Crippen LogP contribution < -0.4 is 29.6 Å². The fraction of sp³-hybridized carbons (Fsp3) is 0.667. The molecular weight excluding hydrogens is 223 g/mol. The van der Waals surface area contributed by atoms with Gasteiger partial charge in [0.1, 0.15) is 0 Å². The Labute approximate surface area is 115 Å². The van der Waals surface area contributed by atoms with Crippen molar-refractivity contribution in [3.05, 3.63) is 11.4 Å². The number of nitrogens with zero attached hydrogens (tertiary/aromatic N) is 2. The second kappa shape index (κ2) is 5.10. The first-order chi connectivity index (χ1) is 6.25. The van der Waals surface area contributed by atoms with Crippen LogP contribution >= 0.6 is 0 Å². The second-order valence-electron chi connectivity index (χ2n) is 4.32. The maximum Gasteiger partial charge on any atom is 1.00 e. The van der Waals surface area contributed by atoms with E-state index in [1.165, 1.54) is 0 Å². The van der Waals surface area contributed by atoms with Crippen LogP contribution in [0.2, 0.25) is 0 Å². The van der Waals surface area contributed by atoms with E-state index in [1.807, 2.05) is 20.8 Å². The van der Waals surface area contributed by atoms with Crippen LogP contribution in [0.4, 0.5) is 0 Å². The Balaban J connectivity index is 0.00000196. The summed E-state index contributed by atoms with van der Waals surface area (Å²) in [5.41, 5.74) is 1.07. The molecule has 1 aromatic heterocycles. The maximum atomic E-state index is 10.9. The van der Waals surface area contributed by atoms with Crippen LogP contribution in [0.25, 0.3) is 0 Å². The predicted molar refractivity (Wildman–Crippen MR) is 53.9 cm³/mol. The third-order valence-electron chi connectivity index (χ3n) is 2.03. The fourth-order valence-corrected chi connectivity index (χ4v) is 2.13. The van der Waals surface area contributed by atoms with Gasteiger partial charge in [0.25, 0.3) is 0 Å². The topological polar surface area (TPSA) is 58.0 Å². The maximum absolute atomic E-state index is 10.9. The molecule has 1 aromatic rings. The van der Waals surface area contributed by atoms with Crippen molar-refractivity contribution in [2.75, 3.05) is 0 Å². The Morgan fingerprint density at radius 1 is 1.33 bits per heavy atom. The zero-order valence-corrected chi connectivity index (χ0v) is 12.9. The number of hydrogen-bond acceptors (Lipinski definition) is 3.